The van der Waals surface area contributed by atoms with Crippen molar-refractivity contribution in [2.24, 2.45) is 5.92 Å². The van der Waals surface area contributed by atoms with Crippen LogP contribution in [0.5, 0.6) is 0 Å². The van der Waals surface area contributed by atoms with Gasteiger partial charge in [-0.2, -0.15) is 0 Å². The lowest BCUT2D eigenvalue weighted by Crippen LogP contribution is -2.20. The van der Waals surface area contributed by atoms with Crippen molar-refractivity contribution in [1.29, 1.82) is 0 Å². The first-order chi connectivity index (χ1) is 11.7. The van der Waals surface area contributed by atoms with Crippen molar-refractivity contribution in [3.8, 4) is 0 Å². The van der Waals surface area contributed by atoms with Gasteiger partial charge in [0.05, 0.1) is 12.5 Å². The Morgan fingerprint density at radius 1 is 1.38 bits per heavy atom. The van der Waals surface area contributed by atoms with E-state index in [-0.39, 0.29) is 11.9 Å². The van der Waals surface area contributed by atoms with Crippen molar-refractivity contribution in [3.63, 3.8) is 0 Å². The zero-order valence-electron chi connectivity index (χ0n) is 14.9. The van der Waals surface area contributed by atoms with Crippen molar-refractivity contribution in [2.75, 3.05) is 18.1 Å². The number of pyridine rings is 1. The maximum absolute atomic E-state index is 12.3. The number of rotatable bonds is 11. The van der Waals surface area contributed by atoms with Crippen LogP contribution in [0.1, 0.15) is 70.3 Å². The van der Waals surface area contributed by atoms with Crippen molar-refractivity contribution in [2.45, 2.75) is 69.6 Å². The fourth-order valence-electron chi connectivity index (χ4n) is 2.92. The predicted molar refractivity (Wildman–Crippen MR) is 100 cm³/mol. The summed E-state index contributed by atoms with van der Waals surface area (Å²) in [5, 5.41) is 0. The van der Waals surface area contributed by atoms with Crippen LogP contribution in [0.3, 0.4) is 0 Å². The maximum atomic E-state index is 12.3. The van der Waals surface area contributed by atoms with E-state index in [9.17, 15) is 4.79 Å². The molecular formula is C19H30N2O2S. The molecule has 2 rings (SSSR count). The third-order valence-electron chi connectivity index (χ3n) is 4.43. The van der Waals surface area contributed by atoms with E-state index in [2.05, 4.69) is 11.9 Å². The lowest BCUT2D eigenvalue weighted by Gasteiger charge is -2.17. The molecule has 1 atom stereocenters. The van der Waals surface area contributed by atoms with Crippen LogP contribution in [-0.4, -0.2) is 23.3 Å². The molecular weight excluding hydrogens is 320 g/mol. The SMILES string of the molecule is CCCCCCC(CSc1ccnc(N)c1C1CC1)C(=O)OCC. The topological polar surface area (TPSA) is 65.2 Å². The smallest absolute Gasteiger partial charge is 0.309 e. The van der Waals surface area contributed by atoms with E-state index >= 15 is 0 Å². The molecule has 5 heteroatoms. The van der Waals surface area contributed by atoms with Gasteiger partial charge in [-0.25, -0.2) is 4.98 Å². The summed E-state index contributed by atoms with van der Waals surface area (Å²) >= 11 is 1.73. The summed E-state index contributed by atoms with van der Waals surface area (Å²) in [6, 6.07) is 2.04. The highest BCUT2D eigenvalue weighted by molar-refractivity contribution is 7.99. The average molecular weight is 351 g/mol. The Balaban J connectivity index is 1.96. The second-order valence-electron chi connectivity index (χ2n) is 6.49. The van der Waals surface area contributed by atoms with Gasteiger partial charge in [0, 0.05) is 22.4 Å². The van der Waals surface area contributed by atoms with E-state index in [1.807, 2.05) is 13.0 Å². The first kappa shape index (κ1) is 19.1. The summed E-state index contributed by atoms with van der Waals surface area (Å²) in [5.41, 5.74) is 7.26. The van der Waals surface area contributed by atoms with Gasteiger partial charge in [0.15, 0.2) is 0 Å². The molecule has 0 spiro atoms. The number of nitrogens with two attached hydrogens (primary N) is 1. The summed E-state index contributed by atoms with van der Waals surface area (Å²) in [7, 11) is 0. The fraction of sp³-hybridized carbons (Fsp3) is 0.684. The number of unbranched alkanes of at least 4 members (excludes halogenated alkanes) is 3. The van der Waals surface area contributed by atoms with Gasteiger partial charge in [0.2, 0.25) is 0 Å². The van der Waals surface area contributed by atoms with Crippen molar-refractivity contribution < 1.29 is 9.53 Å². The lowest BCUT2D eigenvalue weighted by molar-refractivity contribution is -0.147. The number of anilines is 1. The number of carbonyl (C=O) groups is 1. The molecule has 0 bridgehead atoms. The number of hydrogen-bond acceptors (Lipinski definition) is 5. The Kier molecular flexibility index (Phi) is 7.89. The minimum atomic E-state index is -0.0588. The number of ether oxygens (including phenoxy) is 1. The summed E-state index contributed by atoms with van der Waals surface area (Å²) in [5.74, 6) is 1.88. The molecule has 24 heavy (non-hydrogen) atoms. The van der Waals surface area contributed by atoms with E-state index in [4.69, 9.17) is 10.5 Å². The molecule has 0 amide bonds. The Hall–Kier alpha value is -1.23. The highest BCUT2D eigenvalue weighted by atomic mass is 32.2. The summed E-state index contributed by atoms with van der Waals surface area (Å²) in [6.07, 6.45) is 9.78. The van der Waals surface area contributed by atoms with Crippen LogP contribution in [-0.2, 0) is 9.53 Å². The van der Waals surface area contributed by atoms with E-state index in [0.717, 1.165) is 18.6 Å². The number of thioether (sulfide) groups is 1. The molecule has 0 saturated heterocycles. The first-order valence-electron chi connectivity index (χ1n) is 9.21. The number of carbonyl (C=O) groups excluding carboxylic acids is 1. The molecule has 0 aromatic carbocycles. The highest BCUT2D eigenvalue weighted by Crippen LogP contribution is 2.46. The van der Waals surface area contributed by atoms with Crippen LogP contribution in [0.25, 0.3) is 0 Å². The predicted octanol–water partition coefficient (Wildman–Crippen LogP) is 4.78. The zero-order valence-corrected chi connectivity index (χ0v) is 15.7. The van der Waals surface area contributed by atoms with Crippen molar-refractivity contribution >= 4 is 23.5 Å². The van der Waals surface area contributed by atoms with E-state index in [1.54, 1.807) is 18.0 Å². The quantitative estimate of drug-likeness (QED) is 0.353. The highest BCUT2D eigenvalue weighted by Gasteiger charge is 2.29. The van der Waals surface area contributed by atoms with Crippen molar-refractivity contribution in [3.05, 3.63) is 17.8 Å². The third kappa shape index (κ3) is 5.69. The van der Waals surface area contributed by atoms with Crippen LogP contribution < -0.4 is 5.73 Å². The molecule has 1 heterocycles. The molecule has 0 aliphatic heterocycles. The minimum Gasteiger partial charge on any atom is -0.466 e. The van der Waals surface area contributed by atoms with Crippen LogP contribution in [0.15, 0.2) is 17.2 Å². The molecule has 2 N–H and O–H groups in total. The van der Waals surface area contributed by atoms with Gasteiger partial charge in [-0.05, 0) is 38.2 Å². The second-order valence-corrected chi connectivity index (χ2v) is 7.55. The third-order valence-corrected chi connectivity index (χ3v) is 5.67. The van der Waals surface area contributed by atoms with Gasteiger partial charge in [-0.3, -0.25) is 4.79 Å². The monoisotopic (exact) mass is 350 g/mol. The van der Waals surface area contributed by atoms with Crippen LogP contribution in [0.2, 0.25) is 0 Å². The number of nitrogens with zero attached hydrogens (tertiary/aromatic N) is 1. The van der Waals surface area contributed by atoms with Gasteiger partial charge in [0.25, 0.3) is 0 Å². The zero-order chi connectivity index (χ0) is 17.4. The molecule has 1 aromatic rings. The average Bonchev–Trinajstić information content (AvgIpc) is 3.39. The molecule has 1 saturated carbocycles. The molecule has 0 radical (unpaired) electrons. The van der Waals surface area contributed by atoms with Crippen LogP contribution in [0.4, 0.5) is 5.82 Å². The number of hydrogen-bond donors (Lipinski definition) is 1. The summed E-state index contributed by atoms with van der Waals surface area (Å²) < 4.78 is 5.27. The Bertz CT molecular complexity index is 532. The van der Waals surface area contributed by atoms with Gasteiger partial charge in [0.1, 0.15) is 5.82 Å². The van der Waals surface area contributed by atoms with E-state index < -0.39 is 0 Å². The van der Waals surface area contributed by atoms with E-state index in [0.29, 0.717) is 18.3 Å². The molecule has 1 aliphatic rings. The molecule has 134 valence electrons. The Labute approximate surface area is 149 Å². The lowest BCUT2D eigenvalue weighted by atomic mass is 10.0. The standard InChI is InChI=1S/C19H30N2O2S/c1-3-5-6-7-8-15(19(22)23-4-2)13-24-16-11-12-21-18(20)17(16)14-9-10-14/h11-12,14-15H,3-10,13H2,1-2H3,(H2,20,21). The first-order valence-corrected chi connectivity index (χ1v) is 10.2. The number of aromatic nitrogens is 1. The van der Waals surface area contributed by atoms with Gasteiger partial charge < -0.3 is 10.5 Å². The van der Waals surface area contributed by atoms with E-state index in [1.165, 1.54) is 42.6 Å². The minimum absolute atomic E-state index is 0.0340. The summed E-state index contributed by atoms with van der Waals surface area (Å²) in [6.45, 7) is 4.52. The van der Waals surface area contributed by atoms with Crippen LogP contribution in [0, 0.1) is 5.92 Å². The second kappa shape index (κ2) is 9.92. The fourth-order valence-corrected chi connectivity index (χ4v) is 4.18. The normalized spacial score (nSPS) is 15.2. The van der Waals surface area contributed by atoms with Crippen molar-refractivity contribution in [1.82, 2.24) is 4.98 Å². The summed E-state index contributed by atoms with van der Waals surface area (Å²) in [4.78, 5) is 17.7. The number of esters is 1. The van der Waals surface area contributed by atoms with Crippen LogP contribution >= 0.6 is 11.8 Å². The molecule has 1 fully saturated rings. The molecule has 4 nitrogen and oxygen atoms in total. The molecule has 1 unspecified atom stereocenters. The molecule has 1 aliphatic carbocycles. The van der Waals surface area contributed by atoms with Gasteiger partial charge in [-0.1, -0.05) is 32.6 Å². The van der Waals surface area contributed by atoms with Gasteiger partial charge >= 0.3 is 5.97 Å². The van der Waals surface area contributed by atoms with Gasteiger partial charge in [-0.15, -0.1) is 11.8 Å². The largest absolute Gasteiger partial charge is 0.466 e. The molecule has 1 aromatic heterocycles. The number of nitrogen functional groups attached to an aromatic ring is 1. The maximum Gasteiger partial charge on any atom is 0.309 e. The Morgan fingerprint density at radius 3 is 2.83 bits per heavy atom. The Morgan fingerprint density at radius 2 is 2.17 bits per heavy atom.